The molecule has 3 nitrogen and oxygen atoms in total. The van der Waals surface area contributed by atoms with Crippen LogP contribution in [0.3, 0.4) is 0 Å². The summed E-state index contributed by atoms with van der Waals surface area (Å²) in [5.74, 6) is -0.119. The molecule has 2 atom stereocenters. The highest BCUT2D eigenvalue weighted by Gasteiger charge is 2.38. The van der Waals surface area contributed by atoms with Crippen LogP contribution in [0.5, 0.6) is 0 Å². The predicted molar refractivity (Wildman–Crippen MR) is 60.9 cm³/mol. The third-order valence-corrected chi connectivity index (χ3v) is 3.58. The minimum atomic E-state index is -2.42. The van der Waals surface area contributed by atoms with Crippen molar-refractivity contribution in [3.8, 4) is 0 Å². The van der Waals surface area contributed by atoms with Crippen molar-refractivity contribution in [2.75, 3.05) is 13.1 Å². The van der Waals surface area contributed by atoms with E-state index in [2.05, 4.69) is 5.32 Å². The number of nitrogens with zero attached hydrogens (tertiary/aromatic N) is 1. The van der Waals surface area contributed by atoms with Crippen molar-refractivity contribution in [2.45, 2.75) is 51.1 Å². The number of amides is 1. The van der Waals surface area contributed by atoms with E-state index < -0.39 is 6.43 Å². The van der Waals surface area contributed by atoms with Crippen LogP contribution in [0.15, 0.2) is 0 Å². The molecule has 1 aliphatic carbocycles. The molecular formula is C12H20F2N2O. The molecule has 2 rings (SSSR count). The number of halogens is 2. The Morgan fingerprint density at radius 3 is 2.65 bits per heavy atom. The first kappa shape index (κ1) is 12.7. The number of rotatable bonds is 4. The van der Waals surface area contributed by atoms with E-state index in [1.54, 1.807) is 0 Å². The van der Waals surface area contributed by atoms with Gasteiger partial charge in [-0.2, -0.15) is 0 Å². The molecule has 0 aromatic rings. The van der Waals surface area contributed by atoms with Crippen LogP contribution >= 0.6 is 0 Å². The number of alkyl halides is 2. The van der Waals surface area contributed by atoms with Crippen LogP contribution in [0.4, 0.5) is 8.78 Å². The molecule has 1 aliphatic heterocycles. The average Bonchev–Trinajstić information content (AvgIpc) is 3.08. The van der Waals surface area contributed by atoms with Gasteiger partial charge in [-0.15, -0.1) is 0 Å². The predicted octanol–water partition coefficient (Wildman–Crippen LogP) is 1.63. The molecule has 17 heavy (non-hydrogen) atoms. The van der Waals surface area contributed by atoms with Crippen LogP contribution in [-0.4, -0.2) is 42.4 Å². The van der Waals surface area contributed by atoms with Crippen LogP contribution in [0.25, 0.3) is 0 Å². The molecule has 5 heteroatoms. The van der Waals surface area contributed by atoms with Gasteiger partial charge in [0.2, 0.25) is 5.91 Å². The van der Waals surface area contributed by atoms with Crippen LogP contribution in [0.1, 0.15) is 32.6 Å². The van der Waals surface area contributed by atoms with Crippen LogP contribution in [-0.2, 0) is 4.79 Å². The summed E-state index contributed by atoms with van der Waals surface area (Å²) in [6, 6.07) is 0.395. The molecule has 1 saturated heterocycles. The van der Waals surface area contributed by atoms with Gasteiger partial charge >= 0.3 is 0 Å². The number of nitrogens with one attached hydrogen (secondary N) is 1. The Bertz CT molecular complexity index is 282. The quantitative estimate of drug-likeness (QED) is 0.817. The highest BCUT2D eigenvalue weighted by atomic mass is 19.3. The summed E-state index contributed by atoms with van der Waals surface area (Å²) in [6.07, 6.45) is 0.900. The maximum atomic E-state index is 12.5. The molecule has 2 fully saturated rings. The molecule has 1 saturated carbocycles. The lowest BCUT2D eigenvalue weighted by Gasteiger charge is -2.32. The number of hydrogen-bond acceptors (Lipinski definition) is 2. The molecule has 1 amide bonds. The normalized spacial score (nSPS) is 29.4. The summed E-state index contributed by atoms with van der Waals surface area (Å²) >= 11 is 0. The van der Waals surface area contributed by atoms with Crippen molar-refractivity contribution in [3.05, 3.63) is 0 Å². The van der Waals surface area contributed by atoms with E-state index >= 15 is 0 Å². The van der Waals surface area contributed by atoms with Crippen molar-refractivity contribution < 1.29 is 13.6 Å². The van der Waals surface area contributed by atoms with Gasteiger partial charge in [0.15, 0.2) is 0 Å². The fourth-order valence-corrected chi connectivity index (χ4v) is 2.54. The Morgan fingerprint density at radius 1 is 1.41 bits per heavy atom. The summed E-state index contributed by atoms with van der Waals surface area (Å²) in [4.78, 5) is 13.6. The maximum Gasteiger partial charge on any atom is 0.255 e. The first-order chi connectivity index (χ1) is 8.08. The topological polar surface area (TPSA) is 32.3 Å². The SMILES string of the molecule is C[C@H]1C[C@@H](C(=O)N(CC(F)F)C2CC2)CCN1. The summed E-state index contributed by atoms with van der Waals surface area (Å²) in [6.45, 7) is 2.46. The first-order valence-corrected chi connectivity index (χ1v) is 6.40. The van der Waals surface area contributed by atoms with E-state index in [-0.39, 0.29) is 24.4 Å². The summed E-state index contributed by atoms with van der Waals surface area (Å²) in [5, 5.41) is 3.27. The fourth-order valence-electron chi connectivity index (χ4n) is 2.54. The third kappa shape index (κ3) is 3.37. The second-order valence-electron chi connectivity index (χ2n) is 5.19. The lowest BCUT2D eigenvalue weighted by atomic mass is 9.92. The monoisotopic (exact) mass is 246 g/mol. The zero-order chi connectivity index (χ0) is 12.4. The maximum absolute atomic E-state index is 12.5. The van der Waals surface area contributed by atoms with E-state index in [9.17, 15) is 13.6 Å². The van der Waals surface area contributed by atoms with Gasteiger partial charge < -0.3 is 10.2 Å². The second-order valence-corrected chi connectivity index (χ2v) is 5.19. The van der Waals surface area contributed by atoms with Crippen molar-refractivity contribution in [1.82, 2.24) is 10.2 Å². The van der Waals surface area contributed by atoms with Gasteiger partial charge in [-0.05, 0) is 39.2 Å². The number of carbonyl (C=O) groups excluding carboxylic acids is 1. The number of hydrogen-bond donors (Lipinski definition) is 1. The van der Waals surface area contributed by atoms with Crippen molar-refractivity contribution in [3.63, 3.8) is 0 Å². The van der Waals surface area contributed by atoms with Crippen molar-refractivity contribution >= 4 is 5.91 Å². The molecule has 1 N–H and O–H groups in total. The molecule has 0 aromatic heterocycles. The zero-order valence-corrected chi connectivity index (χ0v) is 10.2. The molecule has 1 heterocycles. The highest BCUT2D eigenvalue weighted by molar-refractivity contribution is 5.79. The molecule has 0 bridgehead atoms. The van der Waals surface area contributed by atoms with Gasteiger partial charge in [-0.1, -0.05) is 0 Å². The molecule has 0 radical (unpaired) electrons. The first-order valence-electron chi connectivity index (χ1n) is 6.40. The minimum Gasteiger partial charge on any atom is -0.334 e. The lowest BCUT2D eigenvalue weighted by molar-refractivity contribution is -0.139. The molecular weight excluding hydrogens is 226 g/mol. The molecule has 0 aromatic carbocycles. The summed E-state index contributed by atoms with van der Waals surface area (Å²) in [5.41, 5.74) is 0. The van der Waals surface area contributed by atoms with Gasteiger partial charge in [-0.25, -0.2) is 8.78 Å². The average molecular weight is 246 g/mol. The van der Waals surface area contributed by atoms with Crippen molar-refractivity contribution in [1.29, 1.82) is 0 Å². The van der Waals surface area contributed by atoms with Crippen molar-refractivity contribution in [2.24, 2.45) is 5.92 Å². The Hall–Kier alpha value is -0.710. The zero-order valence-electron chi connectivity index (χ0n) is 10.2. The number of carbonyl (C=O) groups is 1. The Morgan fingerprint density at radius 2 is 2.12 bits per heavy atom. The Labute approximate surface area is 101 Å². The lowest BCUT2D eigenvalue weighted by Crippen LogP contribution is -2.46. The third-order valence-electron chi connectivity index (χ3n) is 3.58. The molecule has 0 spiro atoms. The smallest absolute Gasteiger partial charge is 0.255 e. The van der Waals surface area contributed by atoms with Gasteiger partial charge in [0.05, 0.1) is 6.54 Å². The highest BCUT2D eigenvalue weighted by Crippen LogP contribution is 2.30. The molecule has 98 valence electrons. The van der Waals surface area contributed by atoms with Crippen LogP contribution in [0.2, 0.25) is 0 Å². The molecule has 2 aliphatic rings. The van der Waals surface area contributed by atoms with E-state index in [1.807, 2.05) is 6.92 Å². The van der Waals surface area contributed by atoms with Crippen LogP contribution in [0, 0.1) is 5.92 Å². The standard InChI is InChI=1S/C12H20F2N2O/c1-8-6-9(4-5-15-8)12(17)16(7-11(13)14)10-2-3-10/h8-11,15H,2-7H2,1H3/t8-,9-/m0/s1. The van der Waals surface area contributed by atoms with E-state index in [4.69, 9.17) is 0 Å². The largest absolute Gasteiger partial charge is 0.334 e. The summed E-state index contributed by atoms with van der Waals surface area (Å²) < 4.78 is 24.9. The van der Waals surface area contributed by atoms with E-state index in [0.717, 1.165) is 32.2 Å². The Balaban J connectivity index is 1.95. The number of piperidine rings is 1. The fraction of sp³-hybridized carbons (Fsp3) is 0.917. The van der Waals surface area contributed by atoms with Gasteiger partial charge in [-0.3, -0.25) is 4.79 Å². The second kappa shape index (κ2) is 5.29. The summed E-state index contributed by atoms with van der Waals surface area (Å²) in [7, 11) is 0. The van der Waals surface area contributed by atoms with Gasteiger partial charge in [0.25, 0.3) is 6.43 Å². The Kier molecular flexibility index (Phi) is 3.97. The van der Waals surface area contributed by atoms with E-state index in [1.165, 1.54) is 4.90 Å². The van der Waals surface area contributed by atoms with Gasteiger partial charge in [0, 0.05) is 18.0 Å². The van der Waals surface area contributed by atoms with E-state index in [0.29, 0.717) is 6.04 Å². The minimum absolute atomic E-state index is 0.0545. The molecule has 0 unspecified atom stereocenters. The van der Waals surface area contributed by atoms with Gasteiger partial charge in [0.1, 0.15) is 0 Å². The van der Waals surface area contributed by atoms with Crippen LogP contribution < -0.4 is 5.32 Å².